The Morgan fingerprint density at radius 2 is 1.62 bits per heavy atom. The largest absolute Gasteiger partial charge is 0.372 e. The summed E-state index contributed by atoms with van der Waals surface area (Å²) in [5.74, 6) is 0. The van der Waals surface area contributed by atoms with Gasteiger partial charge in [0.1, 0.15) is 0 Å². The summed E-state index contributed by atoms with van der Waals surface area (Å²) < 4.78 is 0. The van der Waals surface area contributed by atoms with E-state index in [2.05, 4.69) is 48.1 Å². The van der Waals surface area contributed by atoms with Crippen molar-refractivity contribution in [3.63, 3.8) is 0 Å². The van der Waals surface area contributed by atoms with Crippen molar-refractivity contribution in [3.8, 4) is 0 Å². The molecule has 0 aliphatic heterocycles. The second-order valence-electron chi connectivity index (χ2n) is 5.87. The summed E-state index contributed by atoms with van der Waals surface area (Å²) in [6.07, 6.45) is 4.81. The summed E-state index contributed by atoms with van der Waals surface area (Å²) in [7, 11) is 0. The Hall–Kier alpha value is -1.81. The van der Waals surface area contributed by atoms with Crippen LogP contribution in [0.4, 0.5) is 11.4 Å². The average molecular weight is 342 g/mol. The van der Waals surface area contributed by atoms with Crippen molar-refractivity contribution in [2.75, 3.05) is 18.0 Å². The van der Waals surface area contributed by atoms with Crippen LogP contribution in [-0.2, 0) is 0 Å². The van der Waals surface area contributed by atoms with Crippen molar-refractivity contribution < 1.29 is 0 Å². The summed E-state index contributed by atoms with van der Waals surface area (Å²) in [5, 5.41) is 3.70. The van der Waals surface area contributed by atoms with E-state index in [4.69, 9.17) is 5.53 Å². The number of benzene rings is 2. The van der Waals surface area contributed by atoms with Crippen LogP contribution in [0.3, 0.4) is 0 Å². The number of hydrogen-bond acceptors (Lipinski definition) is 4. The summed E-state index contributed by atoms with van der Waals surface area (Å²) in [6.45, 7) is 6.64. The first-order valence-electron chi connectivity index (χ1n) is 8.77. The van der Waals surface area contributed by atoms with Crippen LogP contribution in [0.25, 0.3) is 0 Å². The van der Waals surface area contributed by atoms with Crippen LogP contribution in [0.5, 0.6) is 0 Å². The zero-order chi connectivity index (χ0) is 17.2. The lowest BCUT2D eigenvalue weighted by atomic mass is 10.2. The maximum Gasteiger partial charge on any atom is 0.0990 e. The van der Waals surface area contributed by atoms with Gasteiger partial charge in [-0.2, -0.15) is 5.11 Å². The second kappa shape index (κ2) is 10.1. The van der Waals surface area contributed by atoms with Crippen LogP contribution < -0.4 is 4.90 Å². The monoisotopic (exact) mass is 341 g/mol. The molecule has 0 bridgehead atoms. The molecule has 0 aromatic heterocycles. The van der Waals surface area contributed by atoms with Crippen molar-refractivity contribution in [1.29, 1.82) is 5.53 Å². The number of nitrogens with one attached hydrogen (secondary N) is 1. The van der Waals surface area contributed by atoms with Crippen molar-refractivity contribution in [2.24, 2.45) is 5.11 Å². The van der Waals surface area contributed by atoms with Gasteiger partial charge in [-0.3, -0.25) is 0 Å². The molecule has 0 unspecified atom stereocenters. The molecule has 0 fully saturated rings. The molecule has 0 radical (unpaired) electrons. The molecule has 2 aromatic rings. The van der Waals surface area contributed by atoms with E-state index in [9.17, 15) is 0 Å². The van der Waals surface area contributed by atoms with Crippen LogP contribution in [0.1, 0.15) is 39.5 Å². The van der Waals surface area contributed by atoms with E-state index in [1.807, 2.05) is 24.3 Å². The molecule has 0 heterocycles. The molecule has 2 rings (SSSR count). The fourth-order valence-corrected chi connectivity index (χ4v) is 3.50. The van der Waals surface area contributed by atoms with E-state index in [1.54, 1.807) is 11.8 Å². The molecule has 1 N–H and O–H groups in total. The van der Waals surface area contributed by atoms with Gasteiger partial charge < -0.3 is 4.90 Å². The highest BCUT2D eigenvalue weighted by Gasteiger charge is 2.10. The first-order valence-corrected chi connectivity index (χ1v) is 9.59. The number of nitrogens with zero attached hydrogens (tertiary/aromatic N) is 2. The Kier molecular flexibility index (Phi) is 7.83. The summed E-state index contributed by atoms with van der Waals surface area (Å²) in [5.41, 5.74) is 9.42. The first kappa shape index (κ1) is 18.5. The summed E-state index contributed by atoms with van der Waals surface area (Å²) >= 11 is 1.68. The SMILES string of the molecule is CCCCN(CCCC)c1ccc(N=N)c(Sc2ccccc2)c1. The fraction of sp³-hybridized carbons (Fsp3) is 0.400. The quantitative estimate of drug-likeness (QED) is 0.477. The van der Waals surface area contributed by atoms with Gasteiger partial charge in [-0.25, -0.2) is 5.53 Å². The average Bonchev–Trinajstić information content (AvgIpc) is 2.63. The summed E-state index contributed by atoms with van der Waals surface area (Å²) in [4.78, 5) is 4.69. The van der Waals surface area contributed by atoms with E-state index >= 15 is 0 Å². The Morgan fingerprint density at radius 1 is 0.958 bits per heavy atom. The fourth-order valence-electron chi connectivity index (χ4n) is 2.56. The number of unbranched alkanes of at least 4 members (excludes halogenated alkanes) is 2. The molecule has 0 aliphatic rings. The van der Waals surface area contributed by atoms with E-state index < -0.39 is 0 Å². The van der Waals surface area contributed by atoms with Gasteiger partial charge in [0.05, 0.1) is 5.69 Å². The van der Waals surface area contributed by atoms with Gasteiger partial charge >= 0.3 is 0 Å². The lowest BCUT2D eigenvalue weighted by Crippen LogP contribution is -2.25. The van der Waals surface area contributed by atoms with Crippen molar-refractivity contribution in [3.05, 3.63) is 48.5 Å². The minimum absolute atomic E-state index is 0.735. The van der Waals surface area contributed by atoms with Gasteiger partial charge in [0.15, 0.2) is 0 Å². The lowest BCUT2D eigenvalue weighted by molar-refractivity contribution is 0.677. The third-order valence-electron chi connectivity index (χ3n) is 3.96. The standard InChI is InChI=1S/C20H27N3S/c1-3-5-14-23(15-6-4-2)17-12-13-19(22-21)20(16-17)24-18-10-8-7-9-11-18/h7-13,16,21H,3-6,14-15H2,1-2H3. The number of hydrogen-bond donors (Lipinski definition) is 1. The smallest absolute Gasteiger partial charge is 0.0990 e. The highest BCUT2D eigenvalue weighted by atomic mass is 32.2. The van der Waals surface area contributed by atoms with Crippen LogP contribution in [0, 0.1) is 5.53 Å². The molecule has 0 spiro atoms. The Morgan fingerprint density at radius 3 is 2.21 bits per heavy atom. The Balaban J connectivity index is 2.25. The maximum absolute atomic E-state index is 7.45. The molecule has 0 atom stereocenters. The van der Waals surface area contributed by atoms with E-state index in [0.717, 1.165) is 23.7 Å². The second-order valence-corrected chi connectivity index (χ2v) is 6.99. The van der Waals surface area contributed by atoms with Crippen LogP contribution in [0.15, 0.2) is 63.4 Å². The number of rotatable bonds is 10. The van der Waals surface area contributed by atoms with Gasteiger partial charge in [0.25, 0.3) is 0 Å². The lowest BCUT2D eigenvalue weighted by Gasteiger charge is -2.25. The maximum atomic E-state index is 7.45. The third kappa shape index (κ3) is 5.38. The molecular weight excluding hydrogens is 314 g/mol. The molecule has 0 saturated heterocycles. The van der Waals surface area contributed by atoms with Crippen molar-refractivity contribution in [1.82, 2.24) is 0 Å². The molecule has 0 aliphatic carbocycles. The van der Waals surface area contributed by atoms with Crippen LogP contribution in [-0.4, -0.2) is 13.1 Å². The molecule has 128 valence electrons. The molecule has 0 amide bonds. The highest BCUT2D eigenvalue weighted by molar-refractivity contribution is 7.99. The molecule has 2 aromatic carbocycles. The molecule has 3 nitrogen and oxygen atoms in total. The highest BCUT2D eigenvalue weighted by Crippen LogP contribution is 2.37. The van der Waals surface area contributed by atoms with Crippen LogP contribution in [0.2, 0.25) is 0 Å². The van der Waals surface area contributed by atoms with Gasteiger partial charge in [0, 0.05) is 28.6 Å². The normalized spacial score (nSPS) is 10.6. The number of anilines is 1. The Labute approximate surface area is 150 Å². The van der Waals surface area contributed by atoms with E-state index in [0.29, 0.717) is 0 Å². The molecular formula is C20H27N3S. The van der Waals surface area contributed by atoms with Crippen molar-refractivity contribution >= 4 is 23.1 Å². The van der Waals surface area contributed by atoms with Gasteiger partial charge in [-0.1, -0.05) is 56.7 Å². The van der Waals surface area contributed by atoms with Gasteiger partial charge in [0.2, 0.25) is 0 Å². The topological polar surface area (TPSA) is 39.5 Å². The molecule has 0 saturated carbocycles. The predicted molar refractivity (Wildman–Crippen MR) is 104 cm³/mol. The summed E-state index contributed by atoms with van der Waals surface area (Å²) in [6, 6.07) is 16.6. The Bertz CT molecular complexity index is 620. The molecule has 24 heavy (non-hydrogen) atoms. The zero-order valence-corrected chi connectivity index (χ0v) is 15.5. The van der Waals surface area contributed by atoms with Crippen LogP contribution >= 0.6 is 11.8 Å². The third-order valence-corrected chi connectivity index (χ3v) is 5.02. The minimum atomic E-state index is 0.735. The van der Waals surface area contributed by atoms with Gasteiger partial charge in [-0.05, 0) is 43.2 Å². The first-order chi connectivity index (χ1) is 11.8. The van der Waals surface area contributed by atoms with Gasteiger partial charge in [-0.15, -0.1) is 0 Å². The van der Waals surface area contributed by atoms with Crippen molar-refractivity contribution in [2.45, 2.75) is 49.3 Å². The zero-order valence-electron chi connectivity index (χ0n) is 14.7. The van der Waals surface area contributed by atoms with E-state index in [-0.39, 0.29) is 0 Å². The van der Waals surface area contributed by atoms with E-state index in [1.165, 1.54) is 36.3 Å². The molecule has 4 heteroatoms. The predicted octanol–water partition coefficient (Wildman–Crippen LogP) is 6.91. The minimum Gasteiger partial charge on any atom is -0.372 e.